The summed E-state index contributed by atoms with van der Waals surface area (Å²) in [5.74, 6) is -0.442. The summed E-state index contributed by atoms with van der Waals surface area (Å²) >= 11 is 1.20. The lowest BCUT2D eigenvalue weighted by Crippen LogP contribution is -2.15. The van der Waals surface area contributed by atoms with Crippen LogP contribution in [0.5, 0.6) is 0 Å². The van der Waals surface area contributed by atoms with Crippen LogP contribution in [0.4, 0.5) is 17.3 Å². The number of aryl methyl sites for hydroxylation is 1. The van der Waals surface area contributed by atoms with Gasteiger partial charge in [0.15, 0.2) is 0 Å². The van der Waals surface area contributed by atoms with E-state index in [1.165, 1.54) is 53.9 Å². The van der Waals surface area contributed by atoms with Gasteiger partial charge in [-0.15, -0.1) is 11.3 Å². The minimum atomic E-state index is -3.90. The number of carbonyl (C=O) groups excluding carboxylic acids is 1. The number of nitrogens with one attached hydrogen (secondary N) is 2. The number of carbonyl (C=O) groups is 1. The number of benzene rings is 2. The van der Waals surface area contributed by atoms with Crippen LogP contribution in [0.15, 0.2) is 65.7 Å². The zero-order valence-electron chi connectivity index (χ0n) is 16.5. The number of hydrogen-bond acceptors (Lipinski definition) is 8. The van der Waals surface area contributed by atoms with Gasteiger partial charge in [0.05, 0.1) is 14.7 Å². The zero-order chi connectivity index (χ0) is 22.9. The minimum absolute atomic E-state index is 0.0187. The number of thiophene rings is 1. The number of hydrogen-bond donors (Lipinski definition) is 2. The van der Waals surface area contributed by atoms with Gasteiger partial charge in [0.1, 0.15) is 0 Å². The van der Waals surface area contributed by atoms with Crippen molar-refractivity contribution in [3.05, 3.63) is 81.5 Å². The Morgan fingerprint density at radius 1 is 1.09 bits per heavy atom. The molecule has 0 radical (unpaired) electrons. The lowest BCUT2D eigenvalue weighted by atomic mass is 10.2. The zero-order valence-corrected chi connectivity index (χ0v) is 18.1. The van der Waals surface area contributed by atoms with E-state index >= 15 is 0 Å². The van der Waals surface area contributed by atoms with E-state index < -0.39 is 20.9 Å². The van der Waals surface area contributed by atoms with E-state index in [4.69, 9.17) is 0 Å². The number of fused-ring (bicyclic) bond motifs is 1. The summed E-state index contributed by atoms with van der Waals surface area (Å²) in [6.45, 7) is 1.72. The standard InChI is InChI=1S/C20H15N5O5S2/c1-12-8-9-21-20(22-12)24-32(29,30)16-5-2-14(3-6-16)23-19(26)18-11-13-10-15(25(27)28)4-7-17(13)31-18/h2-11H,1H3,(H,23,26)(H,21,22,24). The molecule has 0 spiro atoms. The molecule has 0 unspecified atom stereocenters. The van der Waals surface area contributed by atoms with Gasteiger partial charge in [-0.25, -0.2) is 23.1 Å². The fourth-order valence-corrected chi connectivity index (χ4v) is 4.73. The van der Waals surface area contributed by atoms with Crippen molar-refractivity contribution in [2.45, 2.75) is 11.8 Å². The van der Waals surface area contributed by atoms with Crippen molar-refractivity contribution in [3.63, 3.8) is 0 Å². The first-order valence-corrected chi connectivity index (χ1v) is 11.4. The quantitative estimate of drug-likeness (QED) is 0.321. The average Bonchev–Trinajstić information content (AvgIpc) is 3.17. The molecule has 2 heterocycles. The third-order valence-corrected chi connectivity index (χ3v) is 6.84. The van der Waals surface area contributed by atoms with Crippen LogP contribution < -0.4 is 10.0 Å². The van der Waals surface area contributed by atoms with Crippen molar-refractivity contribution in [2.75, 3.05) is 10.0 Å². The molecule has 12 heteroatoms. The molecule has 0 atom stereocenters. The molecule has 162 valence electrons. The number of nitro groups is 1. The Balaban J connectivity index is 1.49. The predicted molar refractivity (Wildman–Crippen MR) is 120 cm³/mol. The maximum Gasteiger partial charge on any atom is 0.270 e. The van der Waals surface area contributed by atoms with E-state index in [1.807, 2.05) is 0 Å². The Morgan fingerprint density at radius 3 is 2.53 bits per heavy atom. The van der Waals surface area contributed by atoms with Crippen LogP contribution in [0.1, 0.15) is 15.4 Å². The molecule has 2 aromatic heterocycles. The van der Waals surface area contributed by atoms with Gasteiger partial charge in [0.2, 0.25) is 5.95 Å². The van der Waals surface area contributed by atoms with Gasteiger partial charge in [0.25, 0.3) is 21.6 Å². The lowest BCUT2D eigenvalue weighted by Gasteiger charge is -2.08. The molecule has 2 N–H and O–H groups in total. The lowest BCUT2D eigenvalue weighted by molar-refractivity contribution is -0.384. The van der Waals surface area contributed by atoms with Crippen LogP contribution in [0, 0.1) is 17.0 Å². The van der Waals surface area contributed by atoms with Crippen molar-refractivity contribution < 1.29 is 18.1 Å². The summed E-state index contributed by atoms with van der Waals surface area (Å²) in [4.78, 5) is 31.2. The highest BCUT2D eigenvalue weighted by molar-refractivity contribution is 7.92. The molecular weight excluding hydrogens is 454 g/mol. The number of rotatable bonds is 6. The third-order valence-electron chi connectivity index (χ3n) is 4.38. The Morgan fingerprint density at radius 2 is 1.84 bits per heavy atom. The molecule has 0 fully saturated rings. The predicted octanol–water partition coefficient (Wildman–Crippen LogP) is 3.96. The number of aromatic nitrogens is 2. The van der Waals surface area contributed by atoms with E-state index in [2.05, 4.69) is 20.0 Å². The molecule has 0 saturated carbocycles. The Hall–Kier alpha value is -3.90. The van der Waals surface area contributed by atoms with Crippen molar-refractivity contribution >= 4 is 54.7 Å². The SMILES string of the molecule is Cc1ccnc(NS(=O)(=O)c2ccc(NC(=O)c3cc4cc([N+](=O)[O-])ccc4s3)cc2)n1. The summed E-state index contributed by atoms with van der Waals surface area (Å²) in [6, 6.07) is 13.2. The Labute approximate surface area is 186 Å². The van der Waals surface area contributed by atoms with Gasteiger partial charge in [-0.2, -0.15) is 0 Å². The molecule has 1 amide bonds. The number of nitrogens with zero attached hydrogens (tertiary/aromatic N) is 3. The molecule has 0 aliphatic rings. The molecule has 0 aliphatic carbocycles. The fourth-order valence-electron chi connectivity index (χ4n) is 2.84. The molecule has 0 saturated heterocycles. The molecule has 0 bridgehead atoms. The highest BCUT2D eigenvalue weighted by atomic mass is 32.2. The highest BCUT2D eigenvalue weighted by Crippen LogP contribution is 2.29. The Bertz CT molecular complexity index is 1450. The van der Waals surface area contributed by atoms with E-state index in [-0.39, 0.29) is 16.5 Å². The fraction of sp³-hybridized carbons (Fsp3) is 0.0500. The first kappa shape index (κ1) is 21.3. The molecule has 10 nitrogen and oxygen atoms in total. The summed E-state index contributed by atoms with van der Waals surface area (Å²) in [6.07, 6.45) is 1.45. The van der Waals surface area contributed by atoms with E-state index in [0.29, 0.717) is 21.6 Å². The van der Waals surface area contributed by atoms with Crippen LogP contribution in [0.3, 0.4) is 0 Å². The first-order chi connectivity index (χ1) is 15.2. The minimum Gasteiger partial charge on any atom is -0.321 e. The summed E-state index contributed by atoms with van der Waals surface area (Å²) in [5, 5.41) is 14.2. The second-order valence-electron chi connectivity index (χ2n) is 6.70. The Kier molecular flexibility index (Phi) is 5.55. The van der Waals surface area contributed by atoms with Gasteiger partial charge in [-0.05, 0) is 49.4 Å². The van der Waals surface area contributed by atoms with E-state index in [1.54, 1.807) is 25.1 Å². The topological polar surface area (TPSA) is 144 Å². The molecule has 4 rings (SSSR count). The number of sulfonamides is 1. The molecule has 0 aliphatic heterocycles. The highest BCUT2D eigenvalue weighted by Gasteiger charge is 2.17. The average molecular weight is 470 g/mol. The second-order valence-corrected chi connectivity index (χ2v) is 9.46. The third kappa shape index (κ3) is 4.55. The smallest absolute Gasteiger partial charge is 0.270 e. The largest absolute Gasteiger partial charge is 0.321 e. The first-order valence-electron chi connectivity index (χ1n) is 9.13. The van der Waals surface area contributed by atoms with Crippen molar-refractivity contribution in [3.8, 4) is 0 Å². The molecule has 32 heavy (non-hydrogen) atoms. The van der Waals surface area contributed by atoms with Gasteiger partial charge in [-0.3, -0.25) is 14.9 Å². The summed E-state index contributed by atoms with van der Waals surface area (Å²) < 4.78 is 28.1. The van der Waals surface area contributed by atoms with Gasteiger partial charge < -0.3 is 5.32 Å². The normalized spacial score (nSPS) is 11.3. The molecular formula is C20H15N5O5S2. The van der Waals surface area contributed by atoms with Crippen molar-refractivity contribution in [1.29, 1.82) is 0 Å². The maximum absolute atomic E-state index is 12.6. The van der Waals surface area contributed by atoms with Gasteiger partial charge in [0, 0.05) is 39.8 Å². The maximum atomic E-state index is 12.6. The molecule has 2 aromatic carbocycles. The summed E-state index contributed by atoms with van der Waals surface area (Å²) in [7, 11) is -3.90. The number of non-ortho nitro benzene ring substituents is 1. The van der Waals surface area contributed by atoms with Crippen LogP contribution in [-0.4, -0.2) is 29.2 Å². The van der Waals surface area contributed by atoms with Crippen LogP contribution >= 0.6 is 11.3 Å². The number of anilines is 2. The summed E-state index contributed by atoms with van der Waals surface area (Å²) in [5.41, 5.74) is 0.958. The second kappa shape index (κ2) is 8.32. The van der Waals surface area contributed by atoms with Crippen molar-refractivity contribution in [1.82, 2.24) is 9.97 Å². The monoisotopic (exact) mass is 469 g/mol. The van der Waals surface area contributed by atoms with Crippen LogP contribution in [-0.2, 0) is 10.0 Å². The van der Waals surface area contributed by atoms with E-state index in [0.717, 1.165) is 4.70 Å². The number of nitro benzene ring substituents is 1. The number of amides is 1. The van der Waals surface area contributed by atoms with Crippen molar-refractivity contribution in [2.24, 2.45) is 0 Å². The van der Waals surface area contributed by atoms with Gasteiger partial charge >= 0.3 is 0 Å². The van der Waals surface area contributed by atoms with Gasteiger partial charge in [-0.1, -0.05) is 0 Å². The van der Waals surface area contributed by atoms with Crippen LogP contribution in [0.2, 0.25) is 0 Å². The molecule has 4 aromatic rings. The van der Waals surface area contributed by atoms with E-state index in [9.17, 15) is 23.3 Å². The van der Waals surface area contributed by atoms with Crippen LogP contribution in [0.25, 0.3) is 10.1 Å².